The fraction of sp³-hybridized carbons (Fsp3) is 0.133. The van der Waals surface area contributed by atoms with Crippen molar-refractivity contribution in [2.75, 3.05) is 13.2 Å². The number of rotatable bonds is 0. The molecule has 100 valence electrons. The summed E-state index contributed by atoms with van der Waals surface area (Å²) in [6.45, 7) is 1.56. The summed E-state index contributed by atoms with van der Waals surface area (Å²) in [4.78, 5) is 35.6. The smallest absolute Gasteiger partial charge is 0.235 e. The van der Waals surface area contributed by atoms with E-state index in [9.17, 15) is 9.59 Å². The van der Waals surface area contributed by atoms with E-state index < -0.39 is 11.6 Å². The van der Waals surface area contributed by atoms with Gasteiger partial charge in [0.05, 0.1) is 16.8 Å². The first-order valence-corrected chi connectivity index (χ1v) is 6.16. The third-order valence-electron chi connectivity index (χ3n) is 2.95. The van der Waals surface area contributed by atoms with Gasteiger partial charge in [0.2, 0.25) is 11.6 Å². The van der Waals surface area contributed by atoms with Crippen LogP contribution in [0.15, 0.2) is 36.4 Å². The molecular formula is C15H11NO4. The fourth-order valence-electron chi connectivity index (χ4n) is 1.89. The molecule has 5 heteroatoms. The van der Waals surface area contributed by atoms with Crippen molar-refractivity contribution in [2.24, 2.45) is 0 Å². The van der Waals surface area contributed by atoms with Crippen molar-refractivity contribution in [3.05, 3.63) is 47.7 Å². The number of pyridine rings is 1. The Hall–Kier alpha value is -2.37. The molecule has 2 aliphatic rings. The number of Topliss-reactive ketones (excluding diaryl/α,β-unsaturated/α-hetero) is 1. The minimum Gasteiger partial charge on any atom is -0.286 e. The molecule has 0 radical (unpaired) electrons. The summed E-state index contributed by atoms with van der Waals surface area (Å²) in [5.41, 5.74) is 1.79. The average molecular weight is 269 g/mol. The van der Waals surface area contributed by atoms with Crippen molar-refractivity contribution in [3.63, 3.8) is 0 Å². The Balaban J connectivity index is 0.000000261. The van der Waals surface area contributed by atoms with Crippen LogP contribution in [0.25, 0.3) is 17.0 Å². The summed E-state index contributed by atoms with van der Waals surface area (Å²) < 4.78 is 0. The molecule has 0 bridgehead atoms. The quantitative estimate of drug-likeness (QED) is 0.540. The Morgan fingerprint density at radius 2 is 1.70 bits per heavy atom. The molecule has 0 atom stereocenters. The van der Waals surface area contributed by atoms with Gasteiger partial charge < -0.3 is 0 Å². The lowest BCUT2D eigenvalue weighted by Crippen LogP contribution is -2.17. The molecule has 0 amide bonds. The van der Waals surface area contributed by atoms with E-state index in [4.69, 9.17) is 0 Å². The fourth-order valence-corrected chi connectivity index (χ4v) is 1.89. The number of carbonyl (C=O) groups excluding carboxylic acids is 2. The minimum atomic E-state index is -0.482. The highest BCUT2D eigenvalue weighted by atomic mass is 17.2. The zero-order valence-corrected chi connectivity index (χ0v) is 10.5. The predicted octanol–water partition coefficient (Wildman–Crippen LogP) is 1.96. The van der Waals surface area contributed by atoms with E-state index in [1.165, 1.54) is 6.08 Å². The summed E-state index contributed by atoms with van der Waals surface area (Å²) in [5.74, 6) is -0.958. The number of nitrogens with zero attached hydrogens (tertiary/aromatic N) is 1. The van der Waals surface area contributed by atoms with Gasteiger partial charge in [-0.25, -0.2) is 14.8 Å². The van der Waals surface area contributed by atoms with Crippen LogP contribution in [0.1, 0.15) is 16.1 Å². The Morgan fingerprint density at radius 3 is 2.40 bits per heavy atom. The topological polar surface area (TPSA) is 65.5 Å². The van der Waals surface area contributed by atoms with E-state index in [-0.39, 0.29) is 0 Å². The van der Waals surface area contributed by atoms with Crippen LogP contribution in [0.4, 0.5) is 0 Å². The monoisotopic (exact) mass is 269 g/mol. The van der Waals surface area contributed by atoms with Gasteiger partial charge in [-0.3, -0.25) is 9.59 Å². The predicted molar refractivity (Wildman–Crippen MR) is 72.0 cm³/mol. The first-order valence-electron chi connectivity index (χ1n) is 6.16. The highest BCUT2D eigenvalue weighted by Crippen LogP contribution is 2.21. The van der Waals surface area contributed by atoms with Gasteiger partial charge >= 0.3 is 0 Å². The first-order chi connectivity index (χ1) is 9.75. The Bertz CT molecular complexity index is 713. The van der Waals surface area contributed by atoms with E-state index in [1.54, 1.807) is 12.1 Å². The van der Waals surface area contributed by atoms with Gasteiger partial charge in [0, 0.05) is 5.39 Å². The second kappa shape index (κ2) is 5.32. The van der Waals surface area contributed by atoms with Gasteiger partial charge in [-0.05, 0) is 24.3 Å². The molecule has 1 aromatic carbocycles. The molecule has 1 aliphatic carbocycles. The van der Waals surface area contributed by atoms with Crippen molar-refractivity contribution in [1.29, 1.82) is 0 Å². The molecule has 1 saturated heterocycles. The van der Waals surface area contributed by atoms with E-state index in [1.807, 2.05) is 24.3 Å². The van der Waals surface area contributed by atoms with Crippen molar-refractivity contribution in [3.8, 4) is 0 Å². The van der Waals surface area contributed by atoms with E-state index in [0.29, 0.717) is 11.3 Å². The lowest BCUT2D eigenvalue weighted by molar-refractivity contribution is -0.382. The van der Waals surface area contributed by atoms with E-state index in [2.05, 4.69) is 14.8 Å². The zero-order valence-electron chi connectivity index (χ0n) is 10.5. The highest BCUT2D eigenvalue weighted by Gasteiger charge is 2.22. The molecule has 0 N–H and O–H groups in total. The molecular weight excluding hydrogens is 258 g/mol. The molecule has 4 rings (SSSR count). The van der Waals surface area contributed by atoms with Crippen LogP contribution in [0.3, 0.4) is 0 Å². The summed E-state index contributed by atoms with van der Waals surface area (Å²) in [6.07, 6.45) is 2.86. The number of carbonyl (C=O) groups is 2. The number of benzene rings is 1. The van der Waals surface area contributed by atoms with Crippen LogP contribution >= 0.6 is 0 Å². The van der Waals surface area contributed by atoms with E-state index >= 15 is 0 Å². The van der Waals surface area contributed by atoms with Gasteiger partial charge in [-0.1, -0.05) is 18.2 Å². The third kappa shape index (κ3) is 2.36. The third-order valence-corrected chi connectivity index (χ3v) is 2.95. The molecule has 0 spiro atoms. The number of para-hydroxylation sites is 1. The SMILES string of the molecule is C1COO1.O=C1C=Cc2nc3ccccc3cc2C1=O. The molecule has 5 nitrogen and oxygen atoms in total. The molecule has 2 aromatic rings. The largest absolute Gasteiger partial charge is 0.286 e. The van der Waals surface area contributed by atoms with Crippen LogP contribution in [-0.2, 0) is 14.6 Å². The van der Waals surface area contributed by atoms with Gasteiger partial charge in [-0.2, -0.15) is 0 Å². The average Bonchev–Trinajstić information content (AvgIpc) is 2.40. The molecule has 2 heterocycles. The molecule has 1 fully saturated rings. The second-order valence-electron chi connectivity index (χ2n) is 4.28. The number of aromatic nitrogens is 1. The highest BCUT2D eigenvalue weighted by molar-refractivity contribution is 6.50. The summed E-state index contributed by atoms with van der Waals surface area (Å²) in [5, 5.41) is 0.873. The van der Waals surface area contributed by atoms with Crippen LogP contribution in [-0.4, -0.2) is 29.8 Å². The van der Waals surface area contributed by atoms with Crippen LogP contribution in [0, 0.1) is 0 Å². The molecule has 0 saturated carbocycles. The Labute approximate surface area is 114 Å². The van der Waals surface area contributed by atoms with Gasteiger partial charge in [0.25, 0.3) is 0 Å². The van der Waals surface area contributed by atoms with Gasteiger partial charge in [-0.15, -0.1) is 0 Å². The number of hydrogen-bond acceptors (Lipinski definition) is 5. The Morgan fingerprint density at radius 1 is 1.00 bits per heavy atom. The van der Waals surface area contributed by atoms with Crippen molar-refractivity contribution >= 4 is 28.5 Å². The van der Waals surface area contributed by atoms with Crippen LogP contribution in [0.2, 0.25) is 0 Å². The van der Waals surface area contributed by atoms with Crippen LogP contribution < -0.4 is 0 Å². The van der Waals surface area contributed by atoms with Crippen molar-refractivity contribution < 1.29 is 19.4 Å². The van der Waals surface area contributed by atoms with E-state index in [0.717, 1.165) is 24.1 Å². The van der Waals surface area contributed by atoms with Crippen LogP contribution in [0.5, 0.6) is 0 Å². The number of allylic oxidation sites excluding steroid dienone is 1. The van der Waals surface area contributed by atoms with Gasteiger partial charge in [0.15, 0.2) is 0 Å². The second-order valence-corrected chi connectivity index (χ2v) is 4.28. The number of ketones is 2. The lowest BCUT2D eigenvalue weighted by Gasteiger charge is -2.08. The first kappa shape index (κ1) is 12.7. The van der Waals surface area contributed by atoms with Crippen molar-refractivity contribution in [1.82, 2.24) is 4.98 Å². The normalized spacial score (nSPS) is 16.2. The molecule has 1 aromatic heterocycles. The summed E-state index contributed by atoms with van der Waals surface area (Å²) in [7, 11) is 0. The lowest BCUT2D eigenvalue weighted by atomic mass is 9.98. The maximum atomic E-state index is 11.6. The number of hydrogen-bond donors (Lipinski definition) is 0. The molecule has 20 heavy (non-hydrogen) atoms. The Kier molecular flexibility index (Phi) is 3.37. The summed E-state index contributed by atoms with van der Waals surface area (Å²) >= 11 is 0. The molecule has 0 unspecified atom stereocenters. The minimum absolute atomic E-state index is 0.395. The maximum Gasteiger partial charge on any atom is 0.235 e. The number of fused-ring (bicyclic) bond motifs is 2. The maximum absolute atomic E-state index is 11.6. The molecule has 1 aliphatic heterocycles. The van der Waals surface area contributed by atoms with Gasteiger partial charge in [0.1, 0.15) is 13.2 Å². The van der Waals surface area contributed by atoms with Crippen molar-refractivity contribution in [2.45, 2.75) is 0 Å². The standard InChI is InChI=1S/C13H7NO2.C2H4O2/c15-12-6-5-11-9(13(12)16)7-8-3-1-2-4-10(8)14-11;1-2-4-3-1/h1-7H;1-2H2. The zero-order chi connectivity index (χ0) is 13.9. The summed E-state index contributed by atoms with van der Waals surface area (Å²) in [6, 6.07) is 9.24.